The lowest BCUT2D eigenvalue weighted by Crippen LogP contribution is -2.14. The summed E-state index contributed by atoms with van der Waals surface area (Å²) >= 11 is 0. The molecule has 12 heavy (non-hydrogen) atoms. The maximum Gasteiger partial charge on any atom is 0.413 e. The largest absolute Gasteiger partial charge is 0.449 e. The highest BCUT2D eigenvalue weighted by molar-refractivity contribution is 5.82. The Kier molecular flexibility index (Phi) is 3.13. The molecule has 66 valence electrons. The maximum atomic E-state index is 10.9. The fourth-order valence-corrected chi connectivity index (χ4v) is 0.661. The van der Waals surface area contributed by atoms with Gasteiger partial charge >= 0.3 is 6.09 Å². The molecule has 0 aliphatic heterocycles. The van der Waals surface area contributed by atoms with Crippen molar-refractivity contribution in [2.45, 2.75) is 13.3 Å². The van der Waals surface area contributed by atoms with Crippen molar-refractivity contribution in [1.29, 1.82) is 0 Å². The van der Waals surface area contributed by atoms with Crippen molar-refractivity contribution in [1.82, 2.24) is 9.97 Å². The van der Waals surface area contributed by atoms with Gasteiger partial charge in [-0.05, 0) is 6.42 Å². The van der Waals surface area contributed by atoms with Crippen LogP contribution in [0.25, 0.3) is 0 Å². The summed E-state index contributed by atoms with van der Waals surface area (Å²) in [5.41, 5.74) is 0. The molecule has 0 saturated heterocycles. The number of aromatic amines is 1. The SMILES string of the molecule is CCCOC(=O)Nc1ncc[nH]1. The third-order valence-electron chi connectivity index (χ3n) is 1.16. The van der Waals surface area contributed by atoms with Crippen molar-refractivity contribution >= 4 is 12.0 Å². The van der Waals surface area contributed by atoms with Crippen LogP contribution in [-0.2, 0) is 4.74 Å². The van der Waals surface area contributed by atoms with Crippen LogP contribution in [0, 0.1) is 0 Å². The topological polar surface area (TPSA) is 67.0 Å². The Morgan fingerprint density at radius 2 is 2.67 bits per heavy atom. The Balaban J connectivity index is 2.27. The first-order chi connectivity index (χ1) is 5.83. The van der Waals surface area contributed by atoms with Crippen molar-refractivity contribution in [3.63, 3.8) is 0 Å². The zero-order valence-electron chi connectivity index (χ0n) is 6.83. The minimum Gasteiger partial charge on any atom is -0.449 e. The molecular weight excluding hydrogens is 158 g/mol. The van der Waals surface area contributed by atoms with Gasteiger partial charge in [0.25, 0.3) is 0 Å². The molecule has 0 atom stereocenters. The Morgan fingerprint density at radius 1 is 1.83 bits per heavy atom. The van der Waals surface area contributed by atoms with Gasteiger partial charge in [0.2, 0.25) is 5.95 Å². The Labute approximate surface area is 70.1 Å². The molecule has 1 aromatic rings. The molecule has 0 radical (unpaired) electrons. The monoisotopic (exact) mass is 169 g/mol. The van der Waals surface area contributed by atoms with Crippen LogP contribution in [0.15, 0.2) is 12.4 Å². The van der Waals surface area contributed by atoms with Crippen molar-refractivity contribution in [2.24, 2.45) is 0 Å². The highest BCUT2D eigenvalue weighted by atomic mass is 16.5. The van der Waals surface area contributed by atoms with Crippen LogP contribution < -0.4 is 5.32 Å². The number of amides is 1. The van der Waals surface area contributed by atoms with Gasteiger partial charge in [-0.3, -0.25) is 5.32 Å². The maximum absolute atomic E-state index is 10.9. The number of nitrogens with zero attached hydrogens (tertiary/aromatic N) is 1. The molecule has 5 heteroatoms. The van der Waals surface area contributed by atoms with Gasteiger partial charge in [-0.25, -0.2) is 9.78 Å². The van der Waals surface area contributed by atoms with Gasteiger partial charge in [0.05, 0.1) is 6.61 Å². The molecule has 0 unspecified atom stereocenters. The average Bonchev–Trinajstić information content (AvgIpc) is 2.53. The normalized spacial score (nSPS) is 9.42. The van der Waals surface area contributed by atoms with E-state index in [1.165, 1.54) is 0 Å². The number of imidazole rings is 1. The second-order valence-corrected chi connectivity index (χ2v) is 2.20. The second-order valence-electron chi connectivity index (χ2n) is 2.20. The zero-order chi connectivity index (χ0) is 8.81. The number of hydrogen-bond donors (Lipinski definition) is 2. The van der Waals surface area contributed by atoms with Gasteiger partial charge in [-0.1, -0.05) is 6.92 Å². The number of aromatic nitrogens is 2. The Morgan fingerprint density at radius 3 is 3.25 bits per heavy atom. The second kappa shape index (κ2) is 4.38. The summed E-state index contributed by atoms with van der Waals surface area (Å²) < 4.78 is 4.75. The summed E-state index contributed by atoms with van der Waals surface area (Å²) in [4.78, 5) is 17.4. The molecule has 0 saturated carbocycles. The molecule has 0 spiro atoms. The zero-order valence-corrected chi connectivity index (χ0v) is 6.83. The smallest absolute Gasteiger partial charge is 0.413 e. The van der Waals surface area contributed by atoms with Crippen molar-refractivity contribution in [3.05, 3.63) is 12.4 Å². The number of anilines is 1. The molecular formula is C7H11N3O2. The van der Waals surface area contributed by atoms with Crippen molar-refractivity contribution in [2.75, 3.05) is 11.9 Å². The summed E-state index contributed by atoms with van der Waals surface area (Å²) in [5, 5.41) is 2.43. The molecule has 2 N–H and O–H groups in total. The van der Waals surface area contributed by atoms with E-state index in [2.05, 4.69) is 15.3 Å². The van der Waals surface area contributed by atoms with Crippen LogP contribution in [0.2, 0.25) is 0 Å². The van der Waals surface area contributed by atoms with Crippen LogP contribution in [0.5, 0.6) is 0 Å². The number of ether oxygens (including phenoxy) is 1. The van der Waals surface area contributed by atoms with E-state index in [0.29, 0.717) is 12.6 Å². The highest BCUT2D eigenvalue weighted by Gasteiger charge is 2.02. The quantitative estimate of drug-likeness (QED) is 0.718. The lowest BCUT2D eigenvalue weighted by atomic mass is 10.5. The van der Waals surface area contributed by atoms with E-state index in [-0.39, 0.29) is 0 Å². The molecule has 1 amide bonds. The van der Waals surface area contributed by atoms with Gasteiger partial charge in [0, 0.05) is 12.4 Å². The van der Waals surface area contributed by atoms with Crippen LogP contribution in [0.1, 0.15) is 13.3 Å². The summed E-state index contributed by atoms with van der Waals surface area (Å²) in [7, 11) is 0. The van der Waals surface area contributed by atoms with Crippen molar-refractivity contribution in [3.8, 4) is 0 Å². The molecule has 1 heterocycles. The highest BCUT2D eigenvalue weighted by Crippen LogP contribution is 1.95. The molecule has 0 bridgehead atoms. The van der Waals surface area contributed by atoms with E-state index in [1.807, 2.05) is 6.92 Å². The lowest BCUT2D eigenvalue weighted by Gasteiger charge is -2.01. The minimum atomic E-state index is -0.480. The first kappa shape index (κ1) is 8.58. The fourth-order valence-electron chi connectivity index (χ4n) is 0.661. The van der Waals surface area contributed by atoms with Gasteiger partial charge in [-0.2, -0.15) is 0 Å². The van der Waals surface area contributed by atoms with E-state index >= 15 is 0 Å². The van der Waals surface area contributed by atoms with E-state index < -0.39 is 6.09 Å². The van der Waals surface area contributed by atoms with Crippen LogP contribution in [-0.4, -0.2) is 22.7 Å². The first-order valence-electron chi connectivity index (χ1n) is 3.76. The summed E-state index contributed by atoms with van der Waals surface area (Å²) in [6, 6.07) is 0. The van der Waals surface area contributed by atoms with E-state index in [4.69, 9.17) is 4.74 Å². The Bertz CT molecular complexity index is 233. The molecule has 1 rings (SSSR count). The minimum absolute atomic E-state index is 0.399. The van der Waals surface area contributed by atoms with Crippen LogP contribution >= 0.6 is 0 Å². The van der Waals surface area contributed by atoms with Gasteiger partial charge in [0.15, 0.2) is 0 Å². The first-order valence-corrected chi connectivity index (χ1v) is 3.76. The molecule has 0 aliphatic rings. The number of carbonyl (C=O) groups excluding carboxylic acids is 1. The fraction of sp³-hybridized carbons (Fsp3) is 0.429. The molecule has 0 aliphatic carbocycles. The number of H-pyrrole nitrogens is 1. The van der Waals surface area contributed by atoms with Gasteiger partial charge in [0.1, 0.15) is 0 Å². The number of rotatable bonds is 3. The predicted octanol–water partition coefficient (Wildman–Crippen LogP) is 1.37. The number of hydrogen-bond acceptors (Lipinski definition) is 3. The number of nitrogens with one attached hydrogen (secondary N) is 2. The van der Waals surface area contributed by atoms with E-state index in [0.717, 1.165) is 6.42 Å². The lowest BCUT2D eigenvalue weighted by molar-refractivity contribution is 0.161. The van der Waals surface area contributed by atoms with E-state index in [1.54, 1.807) is 12.4 Å². The summed E-state index contributed by atoms with van der Waals surface area (Å²) in [6.07, 6.45) is 3.50. The third-order valence-corrected chi connectivity index (χ3v) is 1.16. The van der Waals surface area contributed by atoms with Gasteiger partial charge < -0.3 is 9.72 Å². The summed E-state index contributed by atoms with van der Waals surface area (Å²) in [5.74, 6) is 0.399. The average molecular weight is 169 g/mol. The number of carbonyl (C=O) groups is 1. The summed E-state index contributed by atoms with van der Waals surface area (Å²) in [6.45, 7) is 2.35. The van der Waals surface area contributed by atoms with E-state index in [9.17, 15) is 4.79 Å². The molecule has 5 nitrogen and oxygen atoms in total. The molecule has 0 fully saturated rings. The molecule has 1 aromatic heterocycles. The third kappa shape index (κ3) is 2.61. The van der Waals surface area contributed by atoms with Crippen LogP contribution in [0.4, 0.5) is 10.7 Å². The molecule has 0 aromatic carbocycles. The Hall–Kier alpha value is -1.52. The van der Waals surface area contributed by atoms with Crippen LogP contribution in [0.3, 0.4) is 0 Å². The predicted molar refractivity (Wildman–Crippen MR) is 43.8 cm³/mol. The van der Waals surface area contributed by atoms with Crippen molar-refractivity contribution < 1.29 is 9.53 Å². The van der Waals surface area contributed by atoms with Gasteiger partial charge in [-0.15, -0.1) is 0 Å². The standard InChI is InChI=1S/C7H11N3O2/c1-2-5-12-7(11)10-6-8-3-4-9-6/h3-4H,2,5H2,1H3,(H2,8,9,10,11).